The number of tetrazole rings is 1. The van der Waals surface area contributed by atoms with Gasteiger partial charge in [-0.05, 0) is 28.3 Å². The Balaban J connectivity index is 1.66. The second-order valence-electron chi connectivity index (χ2n) is 7.67. The lowest BCUT2D eigenvalue weighted by Gasteiger charge is -2.35. The number of amides is 1. The van der Waals surface area contributed by atoms with Crippen molar-refractivity contribution in [3.63, 3.8) is 0 Å². The third-order valence-corrected chi connectivity index (χ3v) is 5.08. The molecule has 3 rings (SSSR count). The first kappa shape index (κ1) is 20.4. The maximum Gasteiger partial charge on any atom is 0.245 e. The number of benzene rings is 1. The predicted molar refractivity (Wildman–Crippen MR) is 106 cm³/mol. The van der Waals surface area contributed by atoms with Crippen molar-refractivity contribution in [2.75, 3.05) is 32.8 Å². The third-order valence-electron chi connectivity index (χ3n) is 5.08. The molecule has 1 aliphatic heterocycles. The Labute approximate surface area is 166 Å². The van der Waals surface area contributed by atoms with Crippen LogP contribution in [0.25, 0.3) is 0 Å². The van der Waals surface area contributed by atoms with Gasteiger partial charge >= 0.3 is 0 Å². The van der Waals surface area contributed by atoms with Crippen LogP contribution in [-0.2, 0) is 16.0 Å². The maximum absolute atomic E-state index is 13.0. The zero-order valence-corrected chi connectivity index (χ0v) is 16.7. The molecule has 0 aliphatic carbocycles. The number of morpholine rings is 1. The number of hydrogen-bond acceptors (Lipinski definition) is 6. The molecule has 8 nitrogen and oxygen atoms in total. The van der Waals surface area contributed by atoms with Gasteiger partial charge in [0, 0.05) is 32.1 Å². The van der Waals surface area contributed by atoms with Crippen LogP contribution in [-0.4, -0.2) is 69.9 Å². The molecule has 2 atom stereocenters. The van der Waals surface area contributed by atoms with Crippen molar-refractivity contribution in [2.45, 2.75) is 38.8 Å². The minimum Gasteiger partial charge on any atom is -0.379 e. The second kappa shape index (κ2) is 10.3. The summed E-state index contributed by atoms with van der Waals surface area (Å²) in [6, 6.07) is 9.77. The summed E-state index contributed by atoms with van der Waals surface area (Å²) in [7, 11) is 0. The first-order chi connectivity index (χ1) is 13.6. The average molecular weight is 387 g/mol. The van der Waals surface area contributed by atoms with E-state index in [0.29, 0.717) is 24.9 Å². The molecule has 1 fully saturated rings. The van der Waals surface area contributed by atoms with Crippen LogP contribution in [0.5, 0.6) is 0 Å². The Morgan fingerprint density at radius 3 is 2.61 bits per heavy atom. The van der Waals surface area contributed by atoms with Gasteiger partial charge in [-0.25, -0.2) is 4.68 Å². The summed E-state index contributed by atoms with van der Waals surface area (Å²) in [4.78, 5) is 15.5. The Hall–Kier alpha value is -2.32. The smallest absolute Gasteiger partial charge is 0.245 e. The van der Waals surface area contributed by atoms with E-state index in [4.69, 9.17) is 4.74 Å². The molecule has 0 radical (unpaired) electrons. The molecule has 2 aromatic rings. The number of nitrogens with zero attached hydrogens (tertiary/aromatic N) is 5. The fourth-order valence-electron chi connectivity index (χ4n) is 3.64. The number of carbonyl (C=O) groups excluding carboxylic acids is 1. The van der Waals surface area contributed by atoms with Crippen LogP contribution < -0.4 is 5.32 Å². The quantitative estimate of drug-likeness (QED) is 0.700. The highest BCUT2D eigenvalue weighted by Crippen LogP contribution is 2.16. The number of aromatic nitrogens is 4. The number of carbonyl (C=O) groups is 1. The number of ether oxygens (including phenoxy) is 1. The van der Waals surface area contributed by atoms with Crippen molar-refractivity contribution < 1.29 is 9.53 Å². The van der Waals surface area contributed by atoms with Crippen LogP contribution >= 0.6 is 0 Å². The highest BCUT2D eigenvalue weighted by molar-refractivity contribution is 5.80. The second-order valence-corrected chi connectivity index (χ2v) is 7.67. The molecule has 0 spiro atoms. The maximum atomic E-state index is 13.0. The van der Waals surface area contributed by atoms with Crippen LogP contribution in [0.1, 0.15) is 31.9 Å². The molecule has 152 valence electrons. The molecule has 1 aromatic carbocycles. The predicted octanol–water partition coefficient (Wildman–Crippen LogP) is 1.32. The van der Waals surface area contributed by atoms with Gasteiger partial charge in [0.25, 0.3) is 0 Å². The Morgan fingerprint density at radius 1 is 1.21 bits per heavy atom. The Kier molecular flexibility index (Phi) is 7.50. The summed E-state index contributed by atoms with van der Waals surface area (Å²) in [6.07, 6.45) is 3.08. The van der Waals surface area contributed by atoms with Gasteiger partial charge in [0.2, 0.25) is 5.91 Å². The molecule has 1 aliphatic rings. The Bertz CT molecular complexity index is 701. The van der Waals surface area contributed by atoms with Gasteiger partial charge in [-0.15, -0.1) is 5.10 Å². The molecule has 0 saturated carbocycles. The highest BCUT2D eigenvalue weighted by Gasteiger charge is 2.26. The molecular weight excluding hydrogens is 356 g/mol. The van der Waals surface area contributed by atoms with Gasteiger partial charge in [0.05, 0.1) is 13.2 Å². The molecule has 28 heavy (non-hydrogen) atoms. The summed E-state index contributed by atoms with van der Waals surface area (Å²) in [5, 5.41) is 14.5. The molecule has 1 N–H and O–H groups in total. The van der Waals surface area contributed by atoms with Crippen LogP contribution in [0.2, 0.25) is 0 Å². The van der Waals surface area contributed by atoms with Crippen molar-refractivity contribution in [2.24, 2.45) is 5.92 Å². The van der Waals surface area contributed by atoms with Gasteiger partial charge in [-0.3, -0.25) is 9.69 Å². The third kappa shape index (κ3) is 5.84. The highest BCUT2D eigenvalue weighted by atomic mass is 16.5. The first-order valence-electron chi connectivity index (χ1n) is 9.99. The van der Waals surface area contributed by atoms with Crippen molar-refractivity contribution in [1.29, 1.82) is 0 Å². The lowest BCUT2D eigenvalue weighted by Crippen LogP contribution is -2.50. The summed E-state index contributed by atoms with van der Waals surface area (Å²) in [6.45, 7) is 8.38. The summed E-state index contributed by atoms with van der Waals surface area (Å²) < 4.78 is 7.02. The van der Waals surface area contributed by atoms with E-state index in [9.17, 15) is 4.79 Å². The molecule has 2 heterocycles. The van der Waals surface area contributed by atoms with Crippen molar-refractivity contribution >= 4 is 5.91 Å². The van der Waals surface area contributed by atoms with Gasteiger partial charge in [-0.1, -0.05) is 44.2 Å². The summed E-state index contributed by atoms with van der Waals surface area (Å²) >= 11 is 0. The summed E-state index contributed by atoms with van der Waals surface area (Å²) in [5.74, 6) is 0.502. The fourth-order valence-corrected chi connectivity index (χ4v) is 3.64. The van der Waals surface area contributed by atoms with Crippen molar-refractivity contribution in [3.8, 4) is 0 Å². The molecular formula is C20H30N6O2. The van der Waals surface area contributed by atoms with E-state index in [1.54, 1.807) is 0 Å². The molecule has 2 unspecified atom stereocenters. The van der Waals surface area contributed by atoms with E-state index in [0.717, 1.165) is 38.3 Å². The van der Waals surface area contributed by atoms with Gasteiger partial charge in [0.1, 0.15) is 12.4 Å². The minimum absolute atomic E-state index is 0.0573. The topological polar surface area (TPSA) is 85.2 Å². The zero-order valence-electron chi connectivity index (χ0n) is 16.7. The van der Waals surface area contributed by atoms with Crippen LogP contribution in [0, 0.1) is 5.92 Å². The van der Waals surface area contributed by atoms with E-state index in [2.05, 4.69) is 39.6 Å². The molecule has 1 amide bonds. The van der Waals surface area contributed by atoms with E-state index in [-0.39, 0.29) is 5.91 Å². The van der Waals surface area contributed by atoms with Gasteiger partial charge in [0.15, 0.2) is 0 Å². The van der Waals surface area contributed by atoms with Crippen molar-refractivity contribution in [3.05, 3.63) is 42.2 Å². The molecule has 0 bridgehead atoms. The van der Waals surface area contributed by atoms with Crippen LogP contribution in [0.4, 0.5) is 0 Å². The van der Waals surface area contributed by atoms with Crippen LogP contribution in [0.3, 0.4) is 0 Å². The molecule has 1 aromatic heterocycles. The normalized spacial score (nSPS) is 17.4. The van der Waals surface area contributed by atoms with E-state index in [1.807, 2.05) is 30.3 Å². The number of nitrogens with one attached hydrogen (secondary N) is 1. The minimum atomic E-state index is -0.471. The number of rotatable bonds is 9. The fraction of sp³-hybridized carbons (Fsp3) is 0.600. The van der Waals surface area contributed by atoms with Crippen LogP contribution in [0.15, 0.2) is 36.7 Å². The number of hydrogen-bond donors (Lipinski definition) is 1. The lowest BCUT2D eigenvalue weighted by atomic mass is 10.0. The molecule has 8 heteroatoms. The largest absolute Gasteiger partial charge is 0.379 e. The Morgan fingerprint density at radius 2 is 1.96 bits per heavy atom. The summed E-state index contributed by atoms with van der Waals surface area (Å²) in [5.41, 5.74) is 1.07. The monoisotopic (exact) mass is 386 g/mol. The molecule has 1 saturated heterocycles. The lowest BCUT2D eigenvalue weighted by molar-refractivity contribution is -0.125. The zero-order chi connectivity index (χ0) is 19.8. The van der Waals surface area contributed by atoms with Gasteiger partial charge in [-0.2, -0.15) is 0 Å². The van der Waals surface area contributed by atoms with E-state index < -0.39 is 6.04 Å². The standard InChI is InChI=1S/C20H30N6O2/c1-16(2)12-18(25-8-10-28-11-9-25)14-21-20(27)19(26-15-22-23-24-26)13-17-6-4-3-5-7-17/h3-7,15-16,18-19H,8-14H2,1-2H3,(H,21,27). The van der Waals surface area contributed by atoms with Gasteiger partial charge < -0.3 is 10.1 Å². The first-order valence-corrected chi connectivity index (χ1v) is 9.99. The van der Waals surface area contributed by atoms with E-state index >= 15 is 0 Å². The SMILES string of the molecule is CC(C)CC(CNC(=O)C(Cc1ccccc1)n1cnnn1)N1CCOCC1. The van der Waals surface area contributed by atoms with E-state index in [1.165, 1.54) is 11.0 Å². The van der Waals surface area contributed by atoms with Crippen molar-refractivity contribution in [1.82, 2.24) is 30.4 Å². The average Bonchev–Trinajstić information content (AvgIpc) is 3.25.